The molecule has 116 valence electrons. The summed E-state index contributed by atoms with van der Waals surface area (Å²) in [5, 5.41) is 3.35. The van der Waals surface area contributed by atoms with E-state index in [0.717, 1.165) is 28.4 Å². The van der Waals surface area contributed by atoms with E-state index < -0.39 is 0 Å². The lowest BCUT2D eigenvalue weighted by Crippen LogP contribution is -2.38. The molecule has 0 saturated carbocycles. The zero-order valence-corrected chi connectivity index (χ0v) is 14.8. The van der Waals surface area contributed by atoms with Gasteiger partial charge in [-0.05, 0) is 36.8 Å². The number of nitrogens with one attached hydrogen (secondary N) is 1. The van der Waals surface area contributed by atoms with Gasteiger partial charge in [-0.15, -0.1) is 0 Å². The van der Waals surface area contributed by atoms with Gasteiger partial charge in [0.05, 0.1) is 12.2 Å². The van der Waals surface area contributed by atoms with E-state index in [-0.39, 0.29) is 0 Å². The number of benzene rings is 1. The fraction of sp³-hybridized carbons (Fsp3) is 0.294. The number of guanidine groups is 1. The first-order chi connectivity index (χ1) is 10.6. The summed E-state index contributed by atoms with van der Waals surface area (Å²) in [7, 11) is 3.82. The number of pyridine rings is 1. The maximum atomic E-state index is 4.49. The number of aliphatic imine (C=N–C) groups is 1. The normalized spacial score (nSPS) is 11.4. The Morgan fingerprint density at radius 3 is 2.59 bits per heavy atom. The average Bonchev–Trinajstić information content (AvgIpc) is 2.50. The number of hydrogen-bond donors (Lipinski definition) is 1. The first kappa shape index (κ1) is 16.5. The third-order valence-corrected chi connectivity index (χ3v) is 3.81. The van der Waals surface area contributed by atoms with Gasteiger partial charge < -0.3 is 10.2 Å². The number of hydrogen-bond acceptors (Lipinski definition) is 2. The molecule has 1 aromatic heterocycles. The smallest absolute Gasteiger partial charge is 0.194 e. The van der Waals surface area contributed by atoms with Crippen LogP contribution in [-0.2, 0) is 13.1 Å². The van der Waals surface area contributed by atoms with Gasteiger partial charge in [0.15, 0.2) is 5.96 Å². The number of aryl methyl sites for hydroxylation is 1. The zero-order valence-electron chi connectivity index (χ0n) is 13.2. The molecule has 0 aliphatic carbocycles. The van der Waals surface area contributed by atoms with E-state index in [2.05, 4.69) is 60.4 Å². The van der Waals surface area contributed by atoms with Crippen molar-refractivity contribution in [2.24, 2.45) is 4.99 Å². The second kappa shape index (κ2) is 7.94. The lowest BCUT2D eigenvalue weighted by Gasteiger charge is -2.22. The van der Waals surface area contributed by atoms with Crippen LogP contribution >= 0.6 is 15.9 Å². The summed E-state index contributed by atoms with van der Waals surface area (Å²) >= 11 is 3.45. The van der Waals surface area contributed by atoms with Crippen LogP contribution in [0, 0.1) is 6.92 Å². The van der Waals surface area contributed by atoms with Crippen molar-refractivity contribution >= 4 is 21.9 Å². The predicted octanol–water partition coefficient (Wildman–Crippen LogP) is 3.36. The molecule has 5 heteroatoms. The van der Waals surface area contributed by atoms with E-state index in [1.807, 2.05) is 32.2 Å². The summed E-state index contributed by atoms with van der Waals surface area (Å²) in [6, 6.07) is 14.4. The van der Waals surface area contributed by atoms with Gasteiger partial charge in [-0.2, -0.15) is 0 Å². The molecule has 0 amide bonds. The monoisotopic (exact) mass is 360 g/mol. The third kappa shape index (κ3) is 4.84. The highest BCUT2D eigenvalue weighted by Crippen LogP contribution is 2.11. The third-order valence-electron chi connectivity index (χ3n) is 3.28. The molecule has 2 rings (SSSR count). The van der Waals surface area contributed by atoms with Crippen molar-refractivity contribution in [3.8, 4) is 0 Å². The summed E-state index contributed by atoms with van der Waals surface area (Å²) in [6.07, 6.45) is 0. The molecule has 0 aliphatic rings. The van der Waals surface area contributed by atoms with Gasteiger partial charge in [0, 0.05) is 30.8 Å². The van der Waals surface area contributed by atoms with E-state index >= 15 is 0 Å². The van der Waals surface area contributed by atoms with Gasteiger partial charge in [-0.1, -0.05) is 34.1 Å². The maximum Gasteiger partial charge on any atom is 0.194 e. The van der Waals surface area contributed by atoms with Gasteiger partial charge in [0.25, 0.3) is 0 Å². The molecule has 0 bridgehead atoms. The lowest BCUT2D eigenvalue weighted by molar-refractivity contribution is 0.476. The molecule has 0 saturated heterocycles. The molecule has 1 N–H and O–H groups in total. The molecule has 22 heavy (non-hydrogen) atoms. The minimum atomic E-state index is 0.666. The average molecular weight is 361 g/mol. The van der Waals surface area contributed by atoms with E-state index in [4.69, 9.17) is 0 Å². The quantitative estimate of drug-likeness (QED) is 0.671. The van der Waals surface area contributed by atoms with Crippen LogP contribution in [0.3, 0.4) is 0 Å². The Labute approximate surface area is 140 Å². The Morgan fingerprint density at radius 1 is 1.23 bits per heavy atom. The highest BCUT2D eigenvalue weighted by atomic mass is 79.9. The van der Waals surface area contributed by atoms with Gasteiger partial charge in [0.2, 0.25) is 0 Å². The fourth-order valence-corrected chi connectivity index (χ4v) is 2.46. The molecular weight excluding hydrogens is 340 g/mol. The summed E-state index contributed by atoms with van der Waals surface area (Å²) < 4.78 is 1.09. The molecule has 0 aliphatic heterocycles. The van der Waals surface area contributed by atoms with Crippen molar-refractivity contribution in [3.05, 3.63) is 63.9 Å². The minimum Gasteiger partial charge on any atom is -0.351 e. The summed E-state index contributed by atoms with van der Waals surface area (Å²) in [6.45, 7) is 3.46. The summed E-state index contributed by atoms with van der Waals surface area (Å²) in [5.41, 5.74) is 3.28. The van der Waals surface area contributed by atoms with Crippen LogP contribution < -0.4 is 5.32 Å². The zero-order chi connectivity index (χ0) is 15.9. The standard InChI is InChI=1S/C17H21BrN4/c1-13-5-4-6-16(21-13)11-20-17(19-2)22(3)12-14-7-9-15(18)10-8-14/h4-10H,11-12H2,1-3H3,(H,19,20). The van der Waals surface area contributed by atoms with Crippen LogP contribution in [0.5, 0.6) is 0 Å². The predicted molar refractivity (Wildman–Crippen MR) is 94.8 cm³/mol. The van der Waals surface area contributed by atoms with Gasteiger partial charge in [-0.3, -0.25) is 9.98 Å². The van der Waals surface area contributed by atoms with Crippen molar-refractivity contribution in [2.75, 3.05) is 14.1 Å². The second-order valence-corrected chi connectivity index (χ2v) is 6.07. The Morgan fingerprint density at radius 2 is 1.95 bits per heavy atom. The van der Waals surface area contributed by atoms with Gasteiger partial charge in [-0.25, -0.2) is 0 Å². The van der Waals surface area contributed by atoms with Crippen molar-refractivity contribution in [1.82, 2.24) is 15.2 Å². The first-order valence-corrected chi connectivity index (χ1v) is 7.96. The molecule has 0 fully saturated rings. The molecule has 0 atom stereocenters. The van der Waals surface area contributed by atoms with Crippen molar-refractivity contribution in [1.29, 1.82) is 0 Å². The van der Waals surface area contributed by atoms with Gasteiger partial charge in [0.1, 0.15) is 0 Å². The number of rotatable bonds is 4. The van der Waals surface area contributed by atoms with Crippen molar-refractivity contribution in [2.45, 2.75) is 20.0 Å². The van der Waals surface area contributed by atoms with Crippen molar-refractivity contribution in [3.63, 3.8) is 0 Å². The van der Waals surface area contributed by atoms with Gasteiger partial charge >= 0.3 is 0 Å². The molecule has 0 unspecified atom stereocenters. The number of aromatic nitrogens is 1. The summed E-state index contributed by atoms with van der Waals surface area (Å²) in [5.74, 6) is 0.853. The molecule has 4 nitrogen and oxygen atoms in total. The number of halogens is 1. The Kier molecular flexibility index (Phi) is 5.95. The van der Waals surface area contributed by atoms with E-state index in [1.165, 1.54) is 5.56 Å². The second-order valence-electron chi connectivity index (χ2n) is 5.15. The van der Waals surface area contributed by atoms with Crippen LogP contribution in [0.1, 0.15) is 17.0 Å². The minimum absolute atomic E-state index is 0.666. The maximum absolute atomic E-state index is 4.49. The van der Waals surface area contributed by atoms with Crippen LogP contribution in [0.4, 0.5) is 0 Å². The SMILES string of the molecule is CN=C(NCc1cccc(C)n1)N(C)Cc1ccc(Br)cc1. The van der Waals surface area contributed by atoms with Crippen LogP contribution in [0.25, 0.3) is 0 Å². The molecule has 0 radical (unpaired) electrons. The van der Waals surface area contributed by atoms with E-state index in [0.29, 0.717) is 6.54 Å². The lowest BCUT2D eigenvalue weighted by atomic mass is 10.2. The van der Waals surface area contributed by atoms with Crippen LogP contribution in [0.15, 0.2) is 51.9 Å². The highest BCUT2D eigenvalue weighted by molar-refractivity contribution is 9.10. The van der Waals surface area contributed by atoms with E-state index in [1.54, 1.807) is 7.05 Å². The van der Waals surface area contributed by atoms with Crippen molar-refractivity contribution < 1.29 is 0 Å². The Balaban J connectivity index is 1.94. The molecule has 1 aromatic carbocycles. The fourth-order valence-electron chi connectivity index (χ4n) is 2.19. The highest BCUT2D eigenvalue weighted by Gasteiger charge is 2.07. The van der Waals surface area contributed by atoms with E-state index in [9.17, 15) is 0 Å². The molecule has 1 heterocycles. The molecular formula is C17H21BrN4. The molecule has 0 spiro atoms. The number of nitrogens with zero attached hydrogens (tertiary/aromatic N) is 3. The van der Waals surface area contributed by atoms with Crippen LogP contribution in [0.2, 0.25) is 0 Å². The van der Waals surface area contributed by atoms with Crippen LogP contribution in [-0.4, -0.2) is 29.9 Å². The first-order valence-electron chi connectivity index (χ1n) is 7.17. The topological polar surface area (TPSA) is 40.5 Å². The largest absolute Gasteiger partial charge is 0.351 e. The molecule has 2 aromatic rings. The Hall–Kier alpha value is -1.88. The Bertz CT molecular complexity index is 637. The summed E-state index contributed by atoms with van der Waals surface area (Å²) in [4.78, 5) is 10.9.